The average molecular weight is 385 g/mol. The molecule has 1 aromatic heterocycles. The highest BCUT2D eigenvalue weighted by atomic mass is 16.5. The summed E-state index contributed by atoms with van der Waals surface area (Å²) in [5.74, 6) is 1.36. The predicted octanol–water partition coefficient (Wildman–Crippen LogP) is 5.28. The first kappa shape index (κ1) is 18.5. The molecule has 0 saturated carbocycles. The molecular formula is C24H19NO4. The quantitative estimate of drug-likeness (QED) is 0.405. The summed E-state index contributed by atoms with van der Waals surface area (Å²) in [5, 5.41) is 0. The number of para-hydroxylation sites is 1. The van der Waals surface area contributed by atoms with E-state index >= 15 is 0 Å². The third-order valence-corrected chi connectivity index (χ3v) is 4.28. The zero-order chi connectivity index (χ0) is 19.9. The number of aromatic nitrogens is 1. The van der Waals surface area contributed by atoms with Gasteiger partial charge in [0, 0.05) is 5.56 Å². The van der Waals surface area contributed by atoms with Crippen LogP contribution in [0.5, 0.6) is 5.75 Å². The van der Waals surface area contributed by atoms with Crippen molar-refractivity contribution in [3.05, 3.63) is 108 Å². The monoisotopic (exact) mass is 385 g/mol. The lowest BCUT2D eigenvalue weighted by molar-refractivity contribution is 0.0439. The van der Waals surface area contributed by atoms with Crippen molar-refractivity contribution in [3.63, 3.8) is 0 Å². The summed E-state index contributed by atoms with van der Waals surface area (Å²) in [6.07, 6.45) is 1.63. The summed E-state index contributed by atoms with van der Waals surface area (Å²) < 4.78 is 16.6. The van der Waals surface area contributed by atoms with Gasteiger partial charge in [0.2, 0.25) is 5.89 Å². The lowest BCUT2D eigenvalue weighted by Gasteiger charge is -2.07. The highest BCUT2D eigenvalue weighted by Crippen LogP contribution is 2.20. The molecule has 4 rings (SSSR count). The lowest BCUT2D eigenvalue weighted by Crippen LogP contribution is -2.05. The van der Waals surface area contributed by atoms with E-state index in [1.165, 1.54) is 0 Å². The van der Waals surface area contributed by atoms with Gasteiger partial charge in [0.05, 0.1) is 11.8 Å². The van der Waals surface area contributed by atoms with E-state index in [2.05, 4.69) is 4.98 Å². The Balaban J connectivity index is 1.30. The van der Waals surface area contributed by atoms with E-state index in [1.54, 1.807) is 18.3 Å². The second-order valence-electron chi connectivity index (χ2n) is 6.36. The first-order valence-corrected chi connectivity index (χ1v) is 9.22. The molecule has 0 unspecified atom stereocenters. The number of hydrogen-bond acceptors (Lipinski definition) is 5. The maximum atomic E-state index is 12.3. The van der Waals surface area contributed by atoms with Crippen LogP contribution in [0.4, 0.5) is 0 Å². The van der Waals surface area contributed by atoms with Gasteiger partial charge in [-0.3, -0.25) is 0 Å². The Kier molecular flexibility index (Phi) is 5.67. The van der Waals surface area contributed by atoms with Crippen molar-refractivity contribution in [1.29, 1.82) is 0 Å². The van der Waals surface area contributed by atoms with E-state index in [0.717, 1.165) is 16.9 Å². The molecule has 0 saturated heterocycles. The molecule has 0 fully saturated rings. The summed E-state index contributed by atoms with van der Waals surface area (Å²) in [6.45, 7) is 0.405. The molecule has 0 amide bonds. The number of ether oxygens (including phenoxy) is 2. The number of rotatable bonds is 7. The Hall–Kier alpha value is -3.86. The molecule has 29 heavy (non-hydrogen) atoms. The molecule has 0 bridgehead atoms. The fraction of sp³-hybridized carbons (Fsp3) is 0.0833. The van der Waals surface area contributed by atoms with Gasteiger partial charge in [-0.1, -0.05) is 60.7 Å². The van der Waals surface area contributed by atoms with Gasteiger partial charge in [0.25, 0.3) is 0 Å². The van der Waals surface area contributed by atoms with Gasteiger partial charge in [-0.15, -0.1) is 0 Å². The Morgan fingerprint density at radius 2 is 1.52 bits per heavy atom. The third kappa shape index (κ3) is 4.90. The highest BCUT2D eigenvalue weighted by Gasteiger charge is 2.11. The summed E-state index contributed by atoms with van der Waals surface area (Å²) >= 11 is 0. The van der Waals surface area contributed by atoms with Crippen molar-refractivity contribution in [2.24, 2.45) is 0 Å². The molecule has 0 radical (unpaired) electrons. The van der Waals surface area contributed by atoms with Crippen LogP contribution in [-0.2, 0) is 18.0 Å². The molecule has 0 aliphatic carbocycles. The maximum Gasteiger partial charge on any atom is 0.338 e. The first-order valence-electron chi connectivity index (χ1n) is 9.22. The molecule has 0 aliphatic rings. The second kappa shape index (κ2) is 8.89. The molecule has 5 heteroatoms. The Morgan fingerprint density at radius 1 is 0.828 bits per heavy atom. The van der Waals surface area contributed by atoms with Crippen molar-refractivity contribution in [2.75, 3.05) is 0 Å². The van der Waals surface area contributed by atoms with Crippen LogP contribution in [0, 0.1) is 0 Å². The summed E-state index contributed by atoms with van der Waals surface area (Å²) in [5.41, 5.74) is 2.35. The number of carbonyl (C=O) groups is 1. The number of esters is 1. The highest BCUT2D eigenvalue weighted by molar-refractivity contribution is 5.89. The molecule has 3 aromatic carbocycles. The number of oxazole rings is 1. The largest absolute Gasteiger partial charge is 0.489 e. The van der Waals surface area contributed by atoms with Crippen molar-refractivity contribution in [3.8, 4) is 17.1 Å². The Morgan fingerprint density at radius 3 is 2.24 bits per heavy atom. The number of hydrogen-bond donors (Lipinski definition) is 0. The average Bonchev–Trinajstić information content (AvgIpc) is 3.27. The SMILES string of the molecule is O=C(OCc1ncc(-c2ccccc2)o1)c1ccc(COc2ccccc2)cc1. The summed E-state index contributed by atoms with van der Waals surface area (Å²) in [6, 6.07) is 26.3. The molecule has 0 N–H and O–H groups in total. The molecular weight excluding hydrogens is 366 g/mol. The van der Waals surface area contributed by atoms with E-state index < -0.39 is 5.97 Å². The van der Waals surface area contributed by atoms with Gasteiger partial charge >= 0.3 is 5.97 Å². The number of benzene rings is 3. The third-order valence-electron chi connectivity index (χ3n) is 4.28. The van der Waals surface area contributed by atoms with E-state index in [9.17, 15) is 4.79 Å². The summed E-state index contributed by atoms with van der Waals surface area (Å²) in [4.78, 5) is 16.4. The minimum absolute atomic E-state index is 0.0233. The molecule has 0 atom stereocenters. The fourth-order valence-electron chi connectivity index (χ4n) is 2.74. The van der Waals surface area contributed by atoms with Crippen molar-refractivity contribution >= 4 is 5.97 Å². The number of carbonyl (C=O) groups excluding carboxylic acids is 1. The lowest BCUT2D eigenvalue weighted by atomic mass is 10.1. The van der Waals surface area contributed by atoms with Gasteiger partial charge in [0.1, 0.15) is 12.4 Å². The van der Waals surface area contributed by atoms with Crippen LogP contribution in [-0.4, -0.2) is 11.0 Å². The van der Waals surface area contributed by atoms with Crippen molar-refractivity contribution in [1.82, 2.24) is 4.98 Å². The number of nitrogens with zero attached hydrogens (tertiary/aromatic N) is 1. The predicted molar refractivity (Wildman–Crippen MR) is 108 cm³/mol. The van der Waals surface area contributed by atoms with Gasteiger partial charge in [0.15, 0.2) is 12.4 Å². The Bertz CT molecular complexity index is 1060. The molecule has 5 nitrogen and oxygen atoms in total. The van der Waals surface area contributed by atoms with Crippen LogP contribution in [0.3, 0.4) is 0 Å². The molecule has 1 heterocycles. The smallest absolute Gasteiger partial charge is 0.338 e. The normalized spacial score (nSPS) is 10.5. The van der Waals surface area contributed by atoms with Crippen LogP contribution in [0.15, 0.2) is 95.5 Å². The maximum absolute atomic E-state index is 12.3. The second-order valence-corrected chi connectivity index (χ2v) is 6.36. The van der Waals surface area contributed by atoms with Gasteiger partial charge < -0.3 is 13.9 Å². The zero-order valence-electron chi connectivity index (χ0n) is 15.7. The first-order chi connectivity index (χ1) is 14.3. The van der Waals surface area contributed by atoms with Crippen LogP contribution in [0.1, 0.15) is 21.8 Å². The van der Waals surface area contributed by atoms with E-state index in [4.69, 9.17) is 13.9 Å². The Labute approximate surface area is 168 Å². The van der Waals surface area contributed by atoms with E-state index in [1.807, 2.05) is 72.8 Å². The minimum atomic E-state index is -0.431. The van der Waals surface area contributed by atoms with Crippen LogP contribution < -0.4 is 4.74 Å². The summed E-state index contributed by atoms with van der Waals surface area (Å²) in [7, 11) is 0. The topological polar surface area (TPSA) is 61.6 Å². The van der Waals surface area contributed by atoms with Crippen LogP contribution >= 0.6 is 0 Å². The van der Waals surface area contributed by atoms with Crippen LogP contribution in [0.2, 0.25) is 0 Å². The van der Waals surface area contributed by atoms with Crippen molar-refractivity contribution < 1.29 is 18.7 Å². The fourth-order valence-corrected chi connectivity index (χ4v) is 2.74. The standard InChI is InChI=1S/C24H19NO4/c26-24(28-17-23-25-15-22(29-23)19-7-3-1-4-8-19)20-13-11-18(12-14-20)16-27-21-9-5-2-6-10-21/h1-15H,16-17H2. The van der Waals surface area contributed by atoms with Gasteiger partial charge in [-0.05, 0) is 29.8 Å². The molecule has 0 aliphatic heterocycles. The molecule has 0 spiro atoms. The molecule has 4 aromatic rings. The van der Waals surface area contributed by atoms with Crippen LogP contribution in [0.25, 0.3) is 11.3 Å². The zero-order valence-corrected chi connectivity index (χ0v) is 15.7. The van der Waals surface area contributed by atoms with E-state index in [0.29, 0.717) is 23.8 Å². The minimum Gasteiger partial charge on any atom is -0.489 e. The van der Waals surface area contributed by atoms with Gasteiger partial charge in [-0.25, -0.2) is 9.78 Å². The van der Waals surface area contributed by atoms with Crippen molar-refractivity contribution in [2.45, 2.75) is 13.2 Å². The molecule has 144 valence electrons. The van der Waals surface area contributed by atoms with E-state index in [-0.39, 0.29) is 6.61 Å². The van der Waals surface area contributed by atoms with Gasteiger partial charge in [-0.2, -0.15) is 0 Å².